The summed E-state index contributed by atoms with van der Waals surface area (Å²) in [7, 11) is 7.05. The lowest BCUT2D eigenvalue weighted by Gasteiger charge is -2.20. The van der Waals surface area contributed by atoms with Crippen molar-refractivity contribution >= 4 is 67.6 Å². The molecule has 0 unspecified atom stereocenters. The zero-order valence-corrected chi connectivity index (χ0v) is 20.4. The minimum absolute atomic E-state index is 0. The van der Waals surface area contributed by atoms with Gasteiger partial charge in [0.1, 0.15) is 11.3 Å². The van der Waals surface area contributed by atoms with Crippen LogP contribution in [0.1, 0.15) is 10.6 Å². The van der Waals surface area contributed by atoms with E-state index < -0.39 is 0 Å². The number of carbonyl (C=O) groups is 1. The van der Waals surface area contributed by atoms with Gasteiger partial charge in [-0.25, -0.2) is 4.98 Å². The molecule has 0 aliphatic carbocycles. The number of hydrogen-bond donors (Lipinski definition) is 0. The maximum atomic E-state index is 13.5. The number of methoxy groups -OCH3 is 2. The Kier molecular flexibility index (Phi) is 7.51. The van der Waals surface area contributed by atoms with E-state index in [1.165, 1.54) is 11.3 Å². The first-order valence-electron chi connectivity index (χ1n) is 9.59. The van der Waals surface area contributed by atoms with Crippen LogP contribution in [0.3, 0.4) is 0 Å². The first-order chi connectivity index (χ1) is 14.9. The molecule has 4 rings (SSSR count). The Morgan fingerprint density at radius 3 is 2.56 bits per heavy atom. The molecule has 1 amide bonds. The van der Waals surface area contributed by atoms with Crippen molar-refractivity contribution in [3.8, 4) is 11.5 Å². The number of rotatable bonds is 7. The lowest BCUT2D eigenvalue weighted by molar-refractivity contribution is 0.0960. The van der Waals surface area contributed by atoms with Crippen molar-refractivity contribution in [2.45, 2.75) is 0 Å². The number of thiazole rings is 1. The highest BCUT2D eigenvalue weighted by Gasteiger charge is 2.26. The van der Waals surface area contributed by atoms with Crippen molar-refractivity contribution in [2.75, 3.05) is 46.3 Å². The third kappa shape index (κ3) is 4.49. The van der Waals surface area contributed by atoms with E-state index >= 15 is 0 Å². The molecular formula is C22H23Cl2N3O4S. The first-order valence-corrected chi connectivity index (χ1v) is 10.8. The normalized spacial score (nSPS) is 11.1. The third-order valence-corrected chi connectivity index (χ3v) is 6.39. The molecule has 2 heterocycles. The van der Waals surface area contributed by atoms with Crippen LogP contribution in [-0.4, -0.2) is 57.2 Å². The van der Waals surface area contributed by atoms with Crippen LogP contribution in [0.15, 0.2) is 40.8 Å². The number of aromatic nitrogens is 1. The van der Waals surface area contributed by atoms with E-state index in [1.54, 1.807) is 43.4 Å². The Hall–Kier alpha value is -2.52. The molecule has 0 saturated carbocycles. The second kappa shape index (κ2) is 9.95. The summed E-state index contributed by atoms with van der Waals surface area (Å²) >= 11 is 7.73. The summed E-state index contributed by atoms with van der Waals surface area (Å²) in [6, 6.07) is 10.8. The van der Waals surface area contributed by atoms with Gasteiger partial charge >= 0.3 is 0 Å². The van der Waals surface area contributed by atoms with E-state index in [0.717, 1.165) is 10.1 Å². The molecule has 0 spiro atoms. The van der Waals surface area contributed by atoms with E-state index in [9.17, 15) is 4.79 Å². The summed E-state index contributed by atoms with van der Waals surface area (Å²) in [5.74, 6) is 1.12. The number of halogens is 2. The molecule has 0 atom stereocenters. The second-order valence-corrected chi connectivity index (χ2v) is 8.56. The van der Waals surface area contributed by atoms with E-state index in [2.05, 4.69) is 4.98 Å². The molecule has 10 heteroatoms. The monoisotopic (exact) mass is 495 g/mol. The quantitative estimate of drug-likeness (QED) is 0.344. The fourth-order valence-corrected chi connectivity index (χ4v) is 4.52. The van der Waals surface area contributed by atoms with Crippen molar-refractivity contribution in [3.63, 3.8) is 0 Å². The van der Waals surface area contributed by atoms with Crippen LogP contribution in [0.4, 0.5) is 5.13 Å². The predicted octanol–water partition coefficient (Wildman–Crippen LogP) is 5.34. The van der Waals surface area contributed by atoms with E-state index in [-0.39, 0.29) is 24.1 Å². The fraction of sp³-hybridized carbons (Fsp3) is 0.273. The zero-order valence-electron chi connectivity index (χ0n) is 18.0. The molecule has 170 valence electrons. The van der Waals surface area contributed by atoms with Gasteiger partial charge in [-0.3, -0.25) is 9.69 Å². The summed E-state index contributed by atoms with van der Waals surface area (Å²) in [6.45, 7) is 1.08. The summed E-state index contributed by atoms with van der Waals surface area (Å²) in [6.07, 6.45) is 0. The average molecular weight is 496 g/mol. The van der Waals surface area contributed by atoms with E-state index in [1.807, 2.05) is 31.1 Å². The second-order valence-electron chi connectivity index (χ2n) is 7.17. The standard InChI is InChI=1S/C22H22ClN3O4S.ClH/c1-25(2)10-11-26(22-24-18-15(28-3)9-8-14(23)20(18)31-22)21(27)17-12-13-6-5-7-16(29-4)19(13)30-17;/h5-9,12H,10-11H2,1-4H3;1H. The van der Waals surface area contributed by atoms with Crippen molar-refractivity contribution in [1.82, 2.24) is 9.88 Å². The van der Waals surface area contributed by atoms with Crippen LogP contribution in [0.2, 0.25) is 5.02 Å². The molecule has 0 N–H and O–H groups in total. The van der Waals surface area contributed by atoms with Gasteiger partial charge in [-0.1, -0.05) is 35.1 Å². The lowest BCUT2D eigenvalue weighted by Crippen LogP contribution is -2.36. The van der Waals surface area contributed by atoms with Gasteiger partial charge < -0.3 is 18.8 Å². The van der Waals surface area contributed by atoms with Crippen molar-refractivity contribution in [1.29, 1.82) is 0 Å². The van der Waals surface area contributed by atoms with Gasteiger partial charge in [0.15, 0.2) is 22.2 Å². The number of furan rings is 1. The highest BCUT2D eigenvalue weighted by molar-refractivity contribution is 7.23. The van der Waals surface area contributed by atoms with Gasteiger partial charge in [0.2, 0.25) is 0 Å². The molecule has 0 bridgehead atoms. The van der Waals surface area contributed by atoms with Crippen LogP contribution in [-0.2, 0) is 0 Å². The number of hydrogen-bond acceptors (Lipinski definition) is 7. The number of para-hydroxylation sites is 1. The summed E-state index contributed by atoms with van der Waals surface area (Å²) in [5, 5.41) is 1.89. The number of carbonyl (C=O) groups excluding carboxylic acids is 1. The Morgan fingerprint density at radius 1 is 1.12 bits per heavy atom. The SMILES string of the molecule is COc1ccc(Cl)c2sc(N(CCN(C)C)C(=O)c3cc4cccc(OC)c4o3)nc12.Cl. The smallest absolute Gasteiger partial charge is 0.295 e. The van der Waals surface area contributed by atoms with Crippen LogP contribution in [0.5, 0.6) is 11.5 Å². The summed E-state index contributed by atoms with van der Waals surface area (Å²) < 4.78 is 17.5. The maximum Gasteiger partial charge on any atom is 0.295 e. The number of amides is 1. The number of ether oxygens (including phenoxy) is 2. The van der Waals surface area contributed by atoms with Gasteiger partial charge in [0, 0.05) is 18.5 Å². The minimum atomic E-state index is -0.283. The molecule has 2 aromatic heterocycles. The lowest BCUT2D eigenvalue weighted by atomic mass is 10.2. The van der Waals surface area contributed by atoms with Gasteiger partial charge in [-0.2, -0.15) is 0 Å². The van der Waals surface area contributed by atoms with Crippen LogP contribution >= 0.6 is 35.3 Å². The van der Waals surface area contributed by atoms with Crippen LogP contribution in [0, 0.1) is 0 Å². The summed E-state index contributed by atoms with van der Waals surface area (Å²) in [5.41, 5.74) is 1.17. The predicted molar refractivity (Wildman–Crippen MR) is 131 cm³/mol. The average Bonchev–Trinajstić information content (AvgIpc) is 3.39. The van der Waals surface area contributed by atoms with Gasteiger partial charge in [0.05, 0.1) is 23.9 Å². The Morgan fingerprint density at radius 2 is 1.88 bits per heavy atom. The highest BCUT2D eigenvalue weighted by atomic mass is 35.5. The van der Waals surface area contributed by atoms with Crippen molar-refractivity contribution in [2.24, 2.45) is 0 Å². The molecule has 0 saturated heterocycles. The number of fused-ring (bicyclic) bond motifs is 2. The van der Waals surface area contributed by atoms with E-state index in [4.69, 9.17) is 25.5 Å². The van der Waals surface area contributed by atoms with Crippen LogP contribution < -0.4 is 14.4 Å². The molecule has 32 heavy (non-hydrogen) atoms. The largest absolute Gasteiger partial charge is 0.494 e. The number of likely N-dealkylation sites (N-methyl/N-ethyl adjacent to an activating group) is 1. The molecule has 0 aliphatic rings. The molecule has 4 aromatic rings. The molecule has 0 radical (unpaired) electrons. The minimum Gasteiger partial charge on any atom is -0.494 e. The highest BCUT2D eigenvalue weighted by Crippen LogP contribution is 2.39. The molecule has 7 nitrogen and oxygen atoms in total. The van der Waals surface area contributed by atoms with Crippen molar-refractivity contribution in [3.05, 3.63) is 47.2 Å². The molecule has 2 aromatic carbocycles. The van der Waals surface area contributed by atoms with Gasteiger partial charge in [0.25, 0.3) is 5.91 Å². The Labute approximate surface area is 200 Å². The maximum absolute atomic E-state index is 13.5. The number of benzene rings is 2. The van der Waals surface area contributed by atoms with Gasteiger partial charge in [-0.05, 0) is 38.4 Å². The fourth-order valence-electron chi connectivity index (χ4n) is 3.24. The topological polar surface area (TPSA) is 68.0 Å². The molecule has 0 fully saturated rings. The van der Waals surface area contributed by atoms with E-state index in [0.29, 0.717) is 45.8 Å². The Bertz CT molecular complexity index is 1250. The Balaban J connectivity index is 0.00000289. The van der Waals surface area contributed by atoms with Crippen LogP contribution in [0.25, 0.3) is 21.2 Å². The number of nitrogens with zero attached hydrogens (tertiary/aromatic N) is 3. The third-order valence-electron chi connectivity index (χ3n) is 4.85. The number of anilines is 1. The molecule has 0 aliphatic heterocycles. The van der Waals surface area contributed by atoms with Crippen molar-refractivity contribution < 1.29 is 18.7 Å². The van der Waals surface area contributed by atoms with Gasteiger partial charge in [-0.15, -0.1) is 12.4 Å². The molecular weight excluding hydrogens is 473 g/mol. The zero-order chi connectivity index (χ0) is 22.1. The summed E-state index contributed by atoms with van der Waals surface area (Å²) in [4.78, 5) is 21.8. The first kappa shape index (κ1) is 24.1.